The van der Waals surface area contributed by atoms with E-state index in [-0.39, 0.29) is 0 Å². The maximum absolute atomic E-state index is 5.25. The van der Waals surface area contributed by atoms with Crippen LogP contribution in [0.15, 0.2) is 4.52 Å². The van der Waals surface area contributed by atoms with Crippen LogP contribution in [0.3, 0.4) is 0 Å². The zero-order chi connectivity index (χ0) is 12.7. The molecular weight excluding hydrogens is 214 g/mol. The first-order valence-electron chi connectivity index (χ1n) is 6.66. The molecule has 1 aromatic rings. The van der Waals surface area contributed by atoms with Crippen molar-refractivity contribution in [3.8, 4) is 0 Å². The predicted octanol–water partition coefficient (Wildman–Crippen LogP) is 2.59. The number of rotatable bonds is 8. The van der Waals surface area contributed by atoms with Gasteiger partial charge in [0.15, 0.2) is 5.82 Å². The highest BCUT2D eigenvalue weighted by Crippen LogP contribution is 2.07. The van der Waals surface area contributed by atoms with E-state index in [0.717, 1.165) is 43.9 Å². The number of hydrogen-bond donors (Lipinski definition) is 1. The molecule has 0 aliphatic heterocycles. The Bertz CT molecular complexity index is 309. The molecule has 1 atom stereocenters. The summed E-state index contributed by atoms with van der Waals surface area (Å²) in [5.41, 5.74) is 0. The zero-order valence-electron chi connectivity index (χ0n) is 11.5. The van der Waals surface area contributed by atoms with Crippen molar-refractivity contribution in [3.63, 3.8) is 0 Å². The van der Waals surface area contributed by atoms with Crippen molar-refractivity contribution in [2.24, 2.45) is 5.92 Å². The molecule has 0 amide bonds. The van der Waals surface area contributed by atoms with Gasteiger partial charge in [0.2, 0.25) is 5.89 Å². The van der Waals surface area contributed by atoms with E-state index in [1.807, 2.05) is 0 Å². The molecule has 1 aromatic heterocycles. The molecule has 0 aromatic carbocycles. The Hall–Kier alpha value is -0.900. The van der Waals surface area contributed by atoms with Gasteiger partial charge in [-0.15, -0.1) is 0 Å². The maximum atomic E-state index is 5.25. The summed E-state index contributed by atoms with van der Waals surface area (Å²) < 4.78 is 5.25. The van der Waals surface area contributed by atoms with Crippen molar-refractivity contribution in [2.75, 3.05) is 6.54 Å². The summed E-state index contributed by atoms with van der Waals surface area (Å²) in [6.07, 6.45) is 3.99. The zero-order valence-corrected chi connectivity index (χ0v) is 11.5. The topological polar surface area (TPSA) is 51.0 Å². The Labute approximate surface area is 104 Å². The van der Waals surface area contributed by atoms with Crippen molar-refractivity contribution in [3.05, 3.63) is 11.7 Å². The van der Waals surface area contributed by atoms with Crippen molar-refractivity contribution >= 4 is 0 Å². The van der Waals surface area contributed by atoms with E-state index in [9.17, 15) is 0 Å². The van der Waals surface area contributed by atoms with Gasteiger partial charge in [0.25, 0.3) is 0 Å². The molecule has 17 heavy (non-hydrogen) atoms. The molecule has 1 heterocycles. The van der Waals surface area contributed by atoms with Gasteiger partial charge in [0.05, 0.1) is 0 Å². The van der Waals surface area contributed by atoms with Crippen LogP contribution in [0, 0.1) is 5.92 Å². The molecule has 1 unspecified atom stereocenters. The van der Waals surface area contributed by atoms with E-state index in [4.69, 9.17) is 4.52 Å². The van der Waals surface area contributed by atoms with Crippen LogP contribution in [0.4, 0.5) is 0 Å². The van der Waals surface area contributed by atoms with Gasteiger partial charge >= 0.3 is 0 Å². The first-order valence-corrected chi connectivity index (χ1v) is 6.66. The summed E-state index contributed by atoms with van der Waals surface area (Å²) >= 11 is 0. The normalized spacial score (nSPS) is 13.2. The van der Waals surface area contributed by atoms with Crippen LogP contribution < -0.4 is 5.32 Å². The number of nitrogens with one attached hydrogen (secondary N) is 1. The third-order valence-electron chi connectivity index (χ3n) is 2.68. The van der Waals surface area contributed by atoms with E-state index in [2.05, 4.69) is 43.2 Å². The standard InChI is InChI=1S/C13H25N3O/c1-5-8-14-11(4)9-13-15-12(16-17-13)7-6-10(2)3/h10-11,14H,5-9H2,1-4H3. The van der Waals surface area contributed by atoms with E-state index in [1.165, 1.54) is 0 Å². The highest BCUT2D eigenvalue weighted by Gasteiger charge is 2.10. The third-order valence-corrected chi connectivity index (χ3v) is 2.68. The molecular formula is C13H25N3O. The van der Waals surface area contributed by atoms with Gasteiger partial charge in [-0.1, -0.05) is 25.9 Å². The average molecular weight is 239 g/mol. The number of hydrogen-bond acceptors (Lipinski definition) is 4. The lowest BCUT2D eigenvalue weighted by atomic mass is 10.1. The van der Waals surface area contributed by atoms with Crippen LogP contribution in [0.5, 0.6) is 0 Å². The number of nitrogens with zero attached hydrogens (tertiary/aromatic N) is 2. The Morgan fingerprint density at radius 2 is 2.06 bits per heavy atom. The fourth-order valence-electron chi connectivity index (χ4n) is 1.62. The summed E-state index contributed by atoms with van der Waals surface area (Å²) in [7, 11) is 0. The lowest BCUT2D eigenvalue weighted by molar-refractivity contribution is 0.356. The molecule has 4 heteroatoms. The third kappa shape index (κ3) is 5.82. The van der Waals surface area contributed by atoms with Crippen LogP contribution in [-0.4, -0.2) is 22.7 Å². The van der Waals surface area contributed by atoms with Crippen LogP contribution in [0.1, 0.15) is 52.3 Å². The maximum Gasteiger partial charge on any atom is 0.228 e. The minimum atomic E-state index is 0.397. The highest BCUT2D eigenvalue weighted by molar-refractivity contribution is 4.89. The minimum Gasteiger partial charge on any atom is -0.339 e. The van der Waals surface area contributed by atoms with Gasteiger partial charge in [-0.05, 0) is 32.2 Å². The van der Waals surface area contributed by atoms with E-state index < -0.39 is 0 Å². The van der Waals surface area contributed by atoms with Gasteiger partial charge in [0.1, 0.15) is 0 Å². The first-order chi connectivity index (χ1) is 8.11. The average Bonchev–Trinajstić information content (AvgIpc) is 2.71. The van der Waals surface area contributed by atoms with E-state index in [1.54, 1.807) is 0 Å². The van der Waals surface area contributed by atoms with Crippen molar-refractivity contribution < 1.29 is 4.52 Å². The summed E-state index contributed by atoms with van der Waals surface area (Å²) in [6.45, 7) is 9.76. The number of aromatic nitrogens is 2. The molecule has 0 saturated heterocycles. The van der Waals surface area contributed by atoms with Gasteiger partial charge in [-0.25, -0.2) is 0 Å². The predicted molar refractivity (Wildman–Crippen MR) is 68.9 cm³/mol. The SMILES string of the molecule is CCCNC(C)Cc1nc(CCC(C)C)no1. The second-order valence-corrected chi connectivity index (χ2v) is 5.10. The Morgan fingerprint density at radius 3 is 2.71 bits per heavy atom. The molecule has 0 spiro atoms. The summed E-state index contributed by atoms with van der Waals surface area (Å²) in [5, 5.41) is 7.42. The quantitative estimate of drug-likeness (QED) is 0.757. The molecule has 0 aliphatic carbocycles. The van der Waals surface area contributed by atoms with Gasteiger partial charge in [0, 0.05) is 18.9 Å². The first kappa shape index (κ1) is 14.2. The molecule has 0 radical (unpaired) electrons. The molecule has 0 bridgehead atoms. The van der Waals surface area contributed by atoms with Crippen LogP contribution in [0.25, 0.3) is 0 Å². The summed E-state index contributed by atoms with van der Waals surface area (Å²) in [6, 6.07) is 0.397. The molecule has 0 aliphatic rings. The van der Waals surface area contributed by atoms with Gasteiger partial charge < -0.3 is 9.84 Å². The summed E-state index contributed by atoms with van der Waals surface area (Å²) in [4.78, 5) is 4.41. The van der Waals surface area contributed by atoms with Crippen molar-refractivity contribution in [1.29, 1.82) is 0 Å². The second kappa shape index (κ2) is 7.43. The minimum absolute atomic E-state index is 0.397. The Kier molecular flexibility index (Phi) is 6.19. The van der Waals surface area contributed by atoms with Gasteiger partial charge in [-0.2, -0.15) is 4.98 Å². The fraction of sp³-hybridized carbons (Fsp3) is 0.846. The smallest absolute Gasteiger partial charge is 0.228 e. The van der Waals surface area contributed by atoms with Crippen molar-refractivity contribution in [1.82, 2.24) is 15.5 Å². The Balaban J connectivity index is 2.34. The molecule has 1 rings (SSSR count). The van der Waals surface area contributed by atoms with Crippen LogP contribution in [-0.2, 0) is 12.8 Å². The molecule has 4 nitrogen and oxygen atoms in total. The van der Waals surface area contributed by atoms with Crippen molar-refractivity contribution in [2.45, 2.75) is 59.4 Å². The van der Waals surface area contributed by atoms with Gasteiger partial charge in [-0.3, -0.25) is 0 Å². The molecule has 0 saturated carbocycles. The fourth-order valence-corrected chi connectivity index (χ4v) is 1.62. The van der Waals surface area contributed by atoms with E-state index in [0.29, 0.717) is 12.0 Å². The van der Waals surface area contributed by atoms with Crippen LogP contribution >= 0.6 is 0 Å². The van der Waals surface area contributed by atoms with E-state index >= 15 is 0 Å². The molecule has 0 fully saturated rings. The lowest BCUT2D eigenvalue weighted by Gasteiger charge is -2.09. The lowest BCUT2D eigenvalue weighted by Crippen LogP contribution is -2.28. The molecule has 98 valence electrons. The largest absolute Gasteiger partial charge is 0.339 e. The second-order valence-electron chi connectivity index (χ2n) is 5.10. The number of aryl methyl sites for hydroxylation is 1. The summed E-state index contributed by atoms with van der Waals surface area (Å²) in [5.74, 6) is 2.28. The molecule has 1 N–H and O–H groups in total. The Morgan fingerprint density at radius 1 is 1.29 bits per heavy atom. The highest BCUT2D eigenvalue weighted by atomic mass is 16.5. The monoisotopic (exact) mass is 239 g/mol. The van der Waals surface area contributed by atoms with Crippen LogP contribution in [0.2, 0.25) is 0 Å².